The van der Waals surface area contributed by atoms with Crippen LogP contribution in [0, 0.1) is 5.82 Å². The van der Waals surface area contributed by atoms with E-state index in [1.165, 1.54) is 30.8 Å². The molecule has 1 atom stereocenters. The first kappa shape index (κ1) is 19.0. The lowest BCUT2D eigenvalue weighted by Crippen LogP contribution is -2.22. The Kier molecular flexibility index (Phi) is 7.35. The van der Waals surface area contributed by atoms with Crippen molar-refractivity contribution in [2.24, 2.45) is 0 Å². The Hall–Kier alpha value is -1.08. The molecule has 0 spiro atoms. The molecule has 122 valence electrons. The number of carbonyl (C=O) groups excluding carboxylic acids is 2. The lowest BCUT2D eigenvalue weighted by Gasteiger charge is -2.17. The number of thioether (sulfide) groups is 1. The summed E-state index contributed by atoms with van der Waals surface area (Å²) in [5, 5.41) is 2.03. The van der Waals surface area contributed by atoms with Crippen LogP contribution in [0.4, 0.5) is 10.1 Å². The summed E-state index contributed by atoms with van der Waals surface area (Å²) in [6, 6.07) is 2.78. The van der Waals surface area contributed by atoms with E-state index in [4.69, 9.17) is 4.74 Å². The Morgan fingerprint density at radius 1 is 1.41 bits per heavy atom. The zero-order valence-electron chi connectivity index (χ0n) is 12.9. The van der Waals surface area contributed by atoms with Gasteiger partial charge in [-0.15, -0.1) is 11.8 Å². The van der Waals surface area contributed by atoms with E-state index in [0.717, 1.165) is 0 Å². The molecule has 0 fully saturated rings. The molecular formula is C15H19BrFNO3S. The van der Waals surface area contributed by atoms with Gasteiger partial charge in [-0.25, -0.2) is 4.39 Å². The third-order valence-electron chi connectivity index (χ3n) is 2.59. The fraction of sp³-hybridized carbons (Fsp3) is 0.467. The van der Waals surface area contributed by atoms with Crippen molar-refractivity contribution >= 4 is 45.3 Å². The van der Waals surface area contributed by atoms with Crippen molar-refractivity contribution in [3.05, 3.63) is 22.4 Å². The molecule has 0 aromatic heterocycles. The zero-order chi connectivity index (χ0) is 16.9. The van der Waals surface area contributed by atoms with Crippen LogP contribution in [0.15, 0.2) is 21.5 Å². The molecule has 1 unspecified atom stereocenters. The number of hydrogen-bond acceptors (Lipinski definition) is 4. The maximum Gasteiger partial charge on any atom is 0.319 e. The number of carbonyl (C=O) groups is 2. The largest absolute Gasteiger partial charge is 0.462 e. The van der Waals surface area contributed by atoms with Crippen molar-refractivity contribution in [3.63, 3.8) is 0 Å². The number of benzene rings is 1. The van der Waals surface area contributed by atoms with Crippen LogP contribution >= 0.6 is 27.7 Å². The number of esters is 1. The summed E-state index contributed by atoms with van der Waals surface area (Å²) in [4.78, 5) is 23.8. The van der Waals surface area contributed by atoms with E-state index in [2.05, 4.69) is 21.2 Å². The standard InChI is InChI=1S/C15H19BrFNO3S/c1-5-13(15(20)21-8(2)3)22-14-7-12(18-9(4)19)11(17)6-10(14)16/h6-8,13H,5H2,1-4H3,(H,18,19). The summed E-state index contributed by atoms with van der Waals surface area (Å²) in [6.07, 6.45) is 0.393. The van der Waals surface area contributed by atoms with Gasteiger partial charge in [-0.2, -0.15) is 0 Å². The van der Waals surface area contributed by atoms with Crippen LogP contribution in [0.2, 0.25) is 0 Å². The van der Waals surface area contributed by atoms with Crippen molar-refractivity contribution in [2.45, 2.75) is 50.4 Å². The maximum atomic E-state index is 13.8. The number of anilines is 1. The number of ether oxygens (including phenoxy) is 1. The first-order valence-electron chi connectivity index (χ1n) is 6.88. The van der Waals surface area contributed by atoms with Crippen LogP contribution in [0.25, 0.3) is 0 Å². The minimum atomic E-state index is -0.538. The van der Waals surface area contributed by atoms with Crippen molar-refractivity contribution in [1.29, 1.82) is 0 Å². The molecular weight excluding hydrogens is 373 g/mol. The molecule has 0 bridgehead atoms. The van der Waals surface area contributed by atoms with Crippen LogP contribution in [0.1, 0.15) is 34.1 Å². The highest BCUT2D eigenvalue weighted by Gasteiger charge is 2.22. The number of amides is 1. The Morgan fingerprint density at radius 3 is 2.55 bits per heavy atom. The van der Waals surface area contributed by atoms with Gasteiger partial charge in [0.2, 0.25) is 5.91 Å². The molecule has 4 nitrogen and oxygen atoms in total. The lowest BCUT2D eigenvalue weighted by molar-refractivity contribution is -0.146. The van der Waals surface area contributed by atoms with E-state index in [1.54, 1.807) is 13.8 Å². The highest BCUT2D eigenvalue weighted by atomic mass is 79.9. The second kappa shape index (κ2) is 8.53. The molecule has 1 amide bonds. The van der Waals surface area contributed by atoms with Gasteiger partial charge in [0.15, 0.2) is 0 Å². The topological polar surface area (TPSA) is 55.4 Å². The van der Waals surface area contributed by atoms with E-state index in [-0.39, 0.29) is 23.7 Å². The molecule has 1 rings (SSSR count). The fourth-order valence-corrected chi connectivity index (χ4v) is 3.24. The van der Waals surface area contributed by atoms with Crippen molar-refractivity contribution in [1.82, 2.24) is 0 Å². The first-order valence-corrected chi connectivity index (χ1v) is 8.55. The summed E-state index contributed by atoms with van der Waals surface area (Å²) in [7, 11) is 0. The molecule has 22 heavy (non-hydrogen) atoms. The predicted molar refractivity (Wildman–Crippen MR) is 89.6 cm³/mol. The second-order valence-corrected chi connectivity index (χ2v) is 7.04. The van der Waals surface area contributed by atoms with E-state index in [9.17, 15) is 14.0 Å². The summed E-state index contributed by atoms with van der Waals surface area (Å²) < 4.78 is 19.5. The Morgan fingerprint density at radius 2 is 2.05 bits per heavy atom. The average Bonchev–Trinajstić information content (AvgIpc) is 2.39. The highest BCUT2D eigenvalue weighted by Crippen LogP contribution is 2.36. The molecule has 0 saturated heterocycles. The molecule has 1 N–H and O–H groups in total. The van der Waals surface area contributed by atoms with Gasteiger partial charge in [-0.3, -0.25) is 9.59 Å². The van der Waals surface area contributed by atoms with Gasteiger partial charge in [-0.05, 0) is 48.3 Å². The quantitative estimate of drug-likeness (QED) is 0.577. The summed E-state index contributed by atoms with van der Waals surface area (Å²) in [5.41, 5.74) is 0.0882. The molecule has 0 saturated carbocycles. The van der Waals surface area contributed by atoms with E-state index >= 15 is 0 Å². The van der Waals surface area contributed by atoms with Gasteiger partial charge in [0, 0.05) is 16.3 Å². The molecule has 7 heteroatoms. The van der Waals surface area contributed by atoms with Gasteiger partial charge in [0.25, 0.3) is 0 Å². The number of rotatable bonds is 6. The van der Waals surface area contributed by atoms with Gasteiger partial charge in [0.1, 0.15) is 11.1 Å². The molecule has 1 aromatic rings. The van der Waals surface area contributed by atoms with E-state index < -0.39 is 11.1 Å². The third kappa shape index (κ3) is 5.61. The Balaban J connectivity index is 2.99. The fourth-order valence-electron chi connectivity index (χ4n) is 1.66. The van der Waals surface area contributed by atoms with Crippen molar-refractivity contribution in [2.75, 3.05) is 5.32 Å². The third-order valence-corrected chi connectivity index (χ3v) is 4.91. The molecule has 0 radical (unpaired) electrons. The summed E-state index contributed by atoms with van der Waals surface area (Å²) in [6.45, 7) is 6.77. The van der Waals surface area contributed by atoms with Gasteiger partial charge < -0.3 is 10.1 Å². The van der Waals surface area contributed by atoms with Gasteiger partial charge in [-0.1, -0.05) is 6.92 Å². The minimum Gasteiger partial charge on any atom is -0.462 e. The number of hydrogen-bond donors (Lipinski definition) is 1. The molecule has 0 heterocycles. The van der Waals surface area contributed by atoms with Crippen LogP contribution < -0.4 is 5.32 Å². The minimum absolute atomic E-state index is 0.0882. The van der Waals surface area contributed by atoms with Crippen LogP contribution in [0.5, 0.6) is 0 Å². The van der Waals surface area contributed by atoms with E-state index in [1.807, 2.05) is 6.92 Å². The number of halogens is 2. The molecule has 0 aliphatic carbocycles. The van der Waals surface area contributed by atoms with E-state index in [0.29, 0.717) is 15.8 Å². The van der Waals surface area contributed by atoms with Crippen molar-refractivity contribution in [3.8, 4) is 0 Å². The first-order chi connectivity index (χ1) is 10.2. The van der Waals surface area contributed by atoms with Crippen LogP contribution in [-0.4, -0.2) is 23.2 Å². The molecule has 0 aliphatic rings. The van der Waals surface area contributed by atoms with Crippen molar-refractivity contribution < 1.29 is 18.7 Å². The monoisotopic (exact) mass is 391 g/mol. The molecule has 1 aromatic carbocycles. The normalized spacial score (nSPS) is 12.1. The van der Waals surface area contributed by atoms with Crippen LogP contribution in [0.3, 0.4) is 0 Å². The SMILES string of the molecule is CCC(Sc1cc(NC(C)=O)c(F)cc1Br)C(=O)OC(C)C. The van der Waals surface area contributed by atoms with Crippen LogP contribution in [-0.2, 0) is 14.3 Å². The summed E-state index contributed by atoms with van der Waals surface area (Å²) in [5.74, 6) is -1.20. The predicted octanol–water partition coefficient (Wildman–Crippen LogP) is 4.37. The lowest BCUT2D eigenvalue weighted by atomic mass is 10.3. The maximum absolute atomic E-state index is 13.8. The molecule has 0 aliphatic heterocycles. The Labute approximate surface area is 142 Å². The smallest absolute Gasteiger partial charge is 0.319 e. The number of nitrogens with one attached hydrogen (secondary N) is 1. The summed E-state index contributed by atoms with van der Waals surface area (Å²) >= 11 is 4.56. The van der Waals surface area contributed by atoms with Gasteiger partial charge in [0.05, 0.1) is 11.8 Å². The zero-order valence-corrected chi connectivity index (χ0v) is 15.3. The Bertz CT molecular complexity index is 566. The average molecular weight is 392 g/mol. The highest BCUT2D eigenvalue weighted by molar-refractivity contribution is 9.10. The van der Waals surface area contributed by atoms with Gasteiger partial charge >= 0.3 is 5.97 Å². The second-order valence-electron chi connectivity index (χ2n) is 4.94.